The highest BCUT2D eigenvalue weighted by Gasteiger charge is 2.01. The fourth-order valence-electron chi connectivity index (χ4n) is 2.07. The van der Waals surface area contributed by atoms with Gasteiger partial charge in [-0.25, -0.2) is 0 Å². The van der Waals surface area contributed by atoms with Crippen molar-refractivity contribution in [3.8, 4) is 0 Å². The Morgan fingerprint density at radius 1 is 0.900 bits per heavy atom. The molecule has 0 heterocycles. The van der Waals surface area contributed by atoms with Crippen LogP contribution in [-0.2, 0) is 10.4 Å². The molecule has 0 aromatic heterocycles. The molecule has 6 heteroatoms. The van der Waals surface area contributed by atoms with Gasteiger partial charge in [-0.3, -0.25) is 8.42 Å². The highest BCUT2D eigenvalue weighted by molar-refractivity contribution is 7.79. The van der Waals surface area contributed by atoms with Crippen LogP contribution in [0, 0.1) is 11.8 Å². The first kappa shape index (κ1) is 22.1. The summed E-state index contributed by atoms with van der Waals surface area (Å²) < 4.78 is 34.1. The smallest absolute Gasteiger partial charge is 0.0456 e. The Bertz CT molecular complexity index is 282. The van der Waals surface area contributed by atoms with Crippen LogP contribution in [0.25, 0.3) is 0 Å². The highest BCUT2D eigenvalue weighted by atomic mass is 32.3. The molecule has 124 valence electrons. The third-order valence-electron chi connectivity index (χ3n) is 3.24. The van der Waals surface area contributed by atoms with Gasteiger partial charge in [-0.1, -0.05) is 65.7 Å². The van der Waals surface area contributed by atoms with E-state index in [1.54, 1.807) is 0 Å². The summed E-state index contributed by atoms with van der Waals surface area (Å²) >= 11 is 0. The zero-order chi connectivity index (χ0) is 16.0. The lowest BCUT2D eigenvalue weighted by atomic mass is 9.97. The van der Waals surface area contributed by atoms with E-state index >= 15 is 0 Å². The summed E-state index contributed by atoms with van der Waals surface area (Å²) in [7, 11) is -5.17. The van der Waals surface area contributed by atoms with Gasteiger partial charge in [0.2, 0.25) is 0 Å². The van der Waals surface area contributed by atoms with Crippen LogP contribution >= 0.6 is 0 Å². The lowest BCUT2D eigenvalue weighted by Gasteiger charge is -2.10. The maximum Gasteiger partial charge on any atom is 0.0456 e. The molecule has 0 radical (unpaired) electrons. The van der Waals surface area contributed by atoms with Gasteiger partial charge in [0.25, 0.3) is 0 Å². The summed E-state index contributed by atoms with van der Waals surface area (Å²) in [5.74, 6) is 1.43. The molecular weight excluding hydrogens is 280 g/mol. The minimum atomic E-state index is -5.17. The molecule has 0 saturated heterocycles. The molecule has 0 aliphatic rings. The van der Waals surface area contributed by atoms with Gasteiger partial charge in [-0.15, -0.1) is 0 Å². The lowest BCUT2D eigenvalue weighted by Crippen LogP contribution is -2.00. The first-order valence-corrected chi connectivity index (χ1v) is 8.81. The number of rotatable bonds is 10. The molecule has 0 aromatic rings. The first-order valence-electron chi connectivity index (χ1n) is 7.48. The Morgan fingerprint density at radius 2 is 1.30 bits per heavy atom. The third-order valence-corrected chi connectivity index (χ3v) is 3.24. The van der Waals surface area contributed by atoms with E-state index in [4.69, 9.17) is 22.6 Å². The second-order valence-electron chi connectivity index (χ2n) is 5.58. The Labute approximate surface area is 124 Å². The summed E-state index contributed by atoms with van der Waals surface area (Å²) in [6.45, 7) is 7.13. The van der Waals surface area contributed by atoms with Crippen LogP contribution in [0.5, 0.6) is 0 Å². The number of aliphatic hydroxyl groups is 1. The summed E-state index contributed by atoms with van der Waals surface area (Å²) in [5, 5.41) is 8.87. The van der Waals surface area contributed by atoms with Crippen LogP contribution in [0.1, 0.15) is 72.1 Å². The van der Waals surface area contributed by atoms with Crippen molar-refractivity contribution in [3.63, 3.8) is 0 Å². The van der Waals surface area contributed by atoms with Crippen LogP contribution in [0.2, 0.25) is 0 Å². The highest BCUT2D eigenvalue weighted by Crippen LogP contribution is 2.16. The fraction of sp³-hybridized carbons (Fsp3) is 1.00. The van der Waals surface area contributed by atoms with Crippen molar-refractivity contribution in [2.24, 2.45) is 11.8 Å². The van der Waals surface area contributed by atoms with E-state index in [0.29, 0.717) is 12.5 Å². The van der Waals surface area contributed by atoms with E-state index in [-0.39, 0.29) is 0 Å². The van der Waals surface area contributed by atoms with Crippen molar-refractivity contribution in [2.75, 3.05) is 6.61 Å². The Kier molecular flexibility index (Phi) is 15.3. The molecule has 0 saturated carbocycles. The summed E-state index contributed by atoms with van der Waals surface area (Å²) in [5.41, 5.74) is 0. The fourth-order valence-corrected chi connectivity index (χ4v) is 2.07. The standard InChI is InChI=1S/C14H30O.H2O4S/c1-4-9-13(2)10-7-5-6-8-11-14(3)12-15;1-5(2,3)4/h13-15H,4-12H2,1-3H3;(H2,1,2,3,4)/p-2. The molecule has 0 aliphatic carbocycles. The Hall–Kier alpha value is -0.170. The van der Waals surface area contributed by atoms with Gasteiger partial charge >= 0.3 is 0 Å². The molecule has 0 fully saturated rings. The summed E-state index contributed by atoms with van der Waals surface area (Å²) in [4.78, 5) is 0. The van der Waals surface area contributed by atoms with Gasteiger partial charge < -0.3 is 14.2 Å². The Morgan fingerprint density at radius 3 is 1.65 bits per heavy atom. The van der Waals surface area contributed by atoms with Crippen LogP contribution < -0.4 is 0 Å². The van der Waals surface area contributed by atoms with Crippen molar-refractivity contribution in [3.05, 3.63) is 0 Å². The lowest BCUT2D eigenvalue weighted by molar-refractivity contribution is 0.227. The average Bonchev–Trinajstić information content (AvgIpc) is 2.31. The zero-order valence-corrected chi connectivity index (χ0v) is 13.8. The minimum absolute atomic E-state index is 0.355. The Balaban J connectivity index is 0. The molecule has 0 amide bonds. The van der Waals surface area contributed by atoms with Gasteiger partial charge in [0.15, 0.2) is 0 Å². The van der Waals surface area contributed by atoms with Gasteiger partial charge in [-0.05, 0) is 18.3 Å². The third kappa shape index (κ3) is 26.4. The molecule has 0 rings (SSSR count). The van der Waals surface area contributed by atoms with Crippen LogP contribution in [0.15, 0.2) is 0 Å². The molecule has 20 heavy (non-hydrogen) atoms. The van der Waals surface area contributed by atoms with Crippen molar-refractivity contribution in [1.29, 1.82) is 0 Å². The van der Waals surface area contributed by atoms with E-state index in [9.17, 15) is 0 Å². The largest absolute Gasteiger partial charge is 0.759 e. The zero-order valence-electron chi connectivity index (χ0n) is 13.0. The maximum atomic E-state index is 8.87. The summed E-state index contributed by atoms with van der Waals surface area (Å²) in [6.07, 6.45) is 10.7. The molecule has 1 N–H and O–H groups in total. The predicted molar refractivity (Wildman–Crippen MR) is 78.5 cm³/mol. The van der Waals surface area contributed by atoms with Crippen molar-refractivity contribution in [2.45, 2.75) is 72.1 Å². The second-order valence-corrected chi connectivity index (χ2v) is 6.40. The van der Waals surface area contributed by atoms with Gasteiger partial charge in [0.1, 0.15) is 0 Å². The molecular formula is C14H30O5S-2. The van der Waals surface area contributed by atoms with Crippen LogP contribution in [0.3, 0.4) is 0 Å². The quantitative estimate of drug-likeness (QED) is 0.379. The van der Waals surface area contributed by atoms with E-state index in [1.165, 1.54) is 51.4 Å². The van der Waals surface area contributed by atoms with Gasteiger partial charge in [-0.2, -0.15) is 0 Å². The SMILES string of the molecule is CCCC(C)CCCCCCC(C)CO.O=S(=O)([O-])[O-]. The molecule has 5 nitrogen and oxygen atoms in total. The number of unbranched alkanes of at least 4 members (excludes halogenated alkanes) is 3. The van der Waals surface area contributed by atoms with E-state index < -0.39 is 10.4 Å². The van der Waals surface area contributed by atoms with E-state index in [0.717, 1.165) is 5.92 Å². The molecule has 2 unspecified atom stereocenters. The number of aliphatic hydroxyl groups excluding tert-OH is 1. The average molecular weight is 310 g/mol. The maximum absolute atomic E-state index is 8.87. The van der Waals surface area contributed by atoms with Crippen molar-refractivity contribution < 1.29 is 22.6 Å². The van der Waals surface area contributed by atoms with Crippen molar-refractivity contribution >= 4 is 10.4 Å². The van der Waals surface area contributed by atoms with Crippen LogP contribution in [-0.4, -0.2) is 29.2 Å². The number of hydrogen-bond acceptors (Lipinski definition) is 5. The second kappa shape index (κ2) is 13.8. The van der Waals surface area contributed by atoms with E-state index in [2.05, 4.69) is 20.8 Å². The monoisotopic (exact) mass is 310 g/mol. The predicted octanol–water partition coefficient (Wildman–Crippen LogP) is 3.05. The topological polar surface area (TPSA) is 100 Å². The summed E-state index contributed by atoms with van der Waals surface area (Å²) in [6, 6.07) is 0. The first-order chi connectivity index (χ1) is 9.20. The molecule has 0 aliphatic heterocycles. The number of hydrogen-bond donors (Lipinski definition) is 1. The molecule has 0 aromatic carbocycles. The van der Waals surface area contributed by atoms with Gasteiger partial charge in [0, 0.05) is 17.0 Å². The minimum Gasteiger partial charge on any atom is -0.759 e. The van der Waals surface area contributed by atoms with Crippen molar-refractivity contribution in [1.82, 2.24) is 0 Å². The van der Waals surface area contributed by atoms with E-state index in [1.807, 2.05) is 0 Å². The molecule has 0 spiro atoms. The molecule has 2 atom stereocenters. The molecule has 0 bridgehead atoms. The normalized spacial score (nSPS) is 14.3. The van der Waals surface area contributed by atoms with Gasteiger partial charge in [0.05, 0.1) is 0 Å². The van der Waals surface area contributed by atoms with Crippen LogP contribution in [0.4, 0.5) is 0 Å².